The van der Waals surface area contributed by atoms with Gasteiger partial charge in [-0.1, -0.05) is 17.7 Å². The van der Waals surface area contributed by atoms with Crippen molar-refractivity contribution in [2.24, 2.45) is 0 Å². The fourth-order valence-electron chi connectivity index (χ4n) is 2.00. The van der Waals surface area contributed by atoms with Gasteiger partial charge in [0.15, 0.2) is 0 Å². The molecule has 0 aliphatic carbocycles. The minimum Gasteiger partial charge on any atom is -0.495 e. The van der Waals surface area contributed by atoms with E-state index in [1.165, 1.54) is 0 Å². The Morgan fingerprint density at radius 3 is 2.75 bits per heavy atom. The summed E-state index contributed by atoms with van der Waals surface area (Å²) in [5, 5.41) is 9.17. The molecule has 1 heterocycles. The van der Waals surface area contributed by atoms with Gasteiger partial charge in [0, 0.05) is 25.0 Å². The summed E-state index contributed by atoms with van der Waals surface area (Å²) in [6.45, 7) is 3.27. The first kappa shape index (κ1) is 17.9. The van der Waals surface area contributed by atoms with Crippen molar-refractivity contribution in [3.63, 3.8) is 0 Å². The predicted octanol–water partition coefficient (Wildman–Crippen LogP) is 3.68. The molecule has 0 fully saturated rings. The van der Waals surface area contributed by atoms with Crippen molar-refractivity contribution in [3.8, 4) is 5.75 Å². The van der Waals surface area contributed by atoms with Crippen LogP contribution in [0.3, 0.4) is 0 Å². The Labute approximate surface area is 146 Å². The first-order valence-electron chi connectivity index (χ1n) is 7.63. The highest BCUT2D eigenvalue weighted by molar-refractivity contribution is 6.32. The van der Waals surface area contributed by atoms with Gasteiger partial charge in [-0.05, 0) is 43.2 Å². The van der Waals surface area contributed by atoms with Gasteiger partial charge in [-0.25, -0.2) is 9.78 Å². The number of methoxy groups -OCH3 is 1. The van der Waals surface area contributed by atoms with E-state index in [9.17, 15) is 4.79 Å². The molecule has 3 N–H and O–H groups in total. The van der Waals surface area contributed by atoms with Gasteiger partial charge >= 0.3 is 6.03 Å². The number of hydrogen-bond donors (Lipinski definition) is 3. The number of halogens is 1. The molecule has 0 aliphatic heterocycles. The first-order chi connectivity index (χ1) is 11.6. The number of anilines is 2. The molecule has 1 aromatic carbocycles. The molecule has 24 heavy (non-hydrogen) atoms. The van der Waals surface area contributed by atoms with E-state index in [2.05, 4.69) is 20.9 Å². The minimum absolute atomic E-state index is 0.273. The second-order valence-electron chi connectivity index (χ2n) is 5.23. The van der Waals surface area contributed by atoms with Gasteiger partial charge in [-0.2, -0.15) is 0 Å². The number of nitrogens with zero attached hydrogens (tertiary/aromatic N) is 1. The third kappa shape index (κ3) is 5.62. The zero-order chi connectivity index (χ0) is 17.4. The van der Waals surface area contributed by atoms with Gasteiger partial charge in [0.05, 0.1) is 12.1 Å². The standard InChI is InChI=1S/C17H21ClN4O2/c1-12-4-7-16(21-11-12)19-8-3-9-20-17(23)22-13-5-6-15(24-2)14(18)10-13/h4-7,10-11H,3,8-9H2,1-2H3,(H,19,21)(H2,20,22,23). The first-order valence-corrected chi connectivity index (χ1v) is 8.01. The Morgan fingerprint density at radius 1 is 1.25 bits per heavy atom. The van der Waals surface area contributed by atoms with E-state index in [1.807, 2.05) is 25.3 Å². The van der Waals surface area contributed by atoms with Crippen molar-refractivity contribution in [2.75, 3.05) is 30.8 Å². The van der Waals surface area contributed by atoms with Gasteiger partial charge < -0.3 is 20.7 Å². The third-order valence-corrected chi connectivity index (χ3v) is 3.56. The van der Waals surface area contributed by atoms with Crippen LogP contribution in [0.1, 0.15) is 12.0 Å². The van der Waals surface area contributed by atoms with Gasteiger partial charge in [-0.3, -0.25) is 0 Å². The number of nitrogens with one attached hydrogen (secondary N) is 3. The molecule has 0 spiro atoms. The molecule has 0 saturated heterocycles. The number of hydrogen-bond acceptors (Lipinski definition) is 4. The summed E-state index contributed by atoms with van der Waals surface area (Å²) in [4.78, 5) is 16.1. The van der Waals surface area contributed by atoms with Crippen molar-refractivity contribution in [1.29, 1.82) is 0 Å². The van der Waals surface area contributed by atoms with Gasteiger partial charge in [0.1, 0.15) is 11.6 Å². The second kappa shape index (κ2) is 8.98. The van der Waals surface area contributed by atoms with Crippen molar-refractivity contribution < 1.29 is 9.53 Å². The lowest BCUT2D eigenvalue weighted by molar-refractivity contribution is 0.252. The smallest absolute Gasteiger partial charge is 0.319 e. The number of carbonyl (C=O) groups excluding carboxylic acids is 1. The van der Waals surface area contributed by atoms with E-state index in [0.29, 0.717) is 23.0 Å². The monoisotopic (exact) mass is 348 g/mol. The van der Waals surface area contributed by atoms with E-state index in [1.54, 1.807) is 25.3 Å². The number of pyridine rings is 1. The molecule has 0 aliphatic rings. The predicted molar refractivity (Wildman–Crippen MR) is 97.1 cm³/mol. The molecule has 0 bridgehead atoms. The molecule has 0 unspecified atom stereocenters. The van der Waals surface area contributed by atoms with Crippen LogP contribution in [0.2, 0.25) is 5.02 Å². The molecule has 1 aromatic heterocycles. The largest absolute Gasteiger partial charge is 0.495 e. The number of aryl methyl sites for hydroxylation is 1. The molecule has 2 rings (SSSR count). The topological polar surface area (TPSA) is 75.3 Å². The van der Waals surface area contributed by atoms with Crippen LogP contribution in [0.15, 0.2) is 36.5 Å². The fourth-order valence-corrected chi connectivity index (χ4v) is 2.26. The Hall–Kier alpha value is -2.47. The Kier molecular flexibility index (Phi) is 6.69. The number of urea groups is 1. The molecule has 128 valence electrons. The Balaban J connectivity index is 1.66. The molecule has 0 atom stereocenters. The normalized spacial score (nSPS) is 10.1. The van der Waals surface area contributed by atoms with Crippen LogP contribution in [0.4, 0.5) is 16.3 Å². The number of rotatable bonds is 7. The maximum Gasteiger partial charge on any atom is 0.319 e. The lowest BCUT2D eigenvalue weighted by Gasteiger charge is -2.10. The quantitative estimate of drug-likeness (QED) is 0.667. The summed E-state index contributed by atoms with van der Waals surface area (Å²) < 4.78 is 5.07. The van der Waals surface area contributed by atoms with E-state index >= 15 is 0 Å². The molecular formula is C17H21ClN4O2. The molecule has 2 amide bonds. The van der Waals surface area contributed by atoms with E-state index < -0.39 is 0 Å². The minimum atomic E-state index is -0.273. The van der Waals surface area contributed by atoms with Gasteiger partial charge in [-0.15, -0.1) is 0 Å². The molecule has 2 aromatic rings. The highest BCUT2D eigenvalue weighted by Crippen LogP contribution is 2.27. The SMILES string of the molecule is COc1ccc(NC(=O)NCCCNc2ccc(C)cn2)cc1Cl. The zero-order valence-corrected chi connectivity index (χ0v) is 14.5. The number of ether oxygens (including phenoxy) is 1. The zero-order valence-electron chi connectivity index (χ0n) is 13.7. The molecular weight excluding hydrogens is 328 g/mol. The van der Waals surface area contributed by atoms with E-state index in [4.69, 9.17) is 16.3 Å². The van der Waals surface area contributed by atoms with Crippen molar-refractivity contribution in [3.05, 3.63) is 47.1 Å². The van der Waals surface area contributed by atoms with Crippen LogP contribution in [-0.4, -0.2) is 31.2 Å². The summed E-state index contributed by atoms with van der Waals surface area (Å²) in [6, 6.07) is 8.74. The van der Waals surface area contributed by atoms with Crippen molar-refractivity contribution in [2.45, 2.75) is 13.3 Å². The van der Waals surface area contributed by atoms with Gasteiger partial charge in [0.25, 0.3) is 0 Å². The fraction of sp³-hybridized carbons (Fsp3) is 0.294. The van der Waals surface area contributed by atoms with E-state index in [0.717, 1.165) is 24.3 Å². The van der Waals surface area contributed by atoms with Crippen LogP contribution >= 0.6 is 11.6 Å². The highest BCUT2D eigenvalue weighted by atomic mass is 35.5. The number of carbonyl (C=O) groups is 1. The van der Waals surface area contributed by atoms with E-state index in [-0.39, 0.29) is 6.03 Å². The second-order valence-corrected chi connectivity index (χ2v) is 5.64. The average molecular weight is 349 g/mol. The molecule has 7 heteroatoms. The average Bonchev–Trinajstić information content (AvgIpc) is 2.56. The van der Waals surface area contributed by atoms with Crippen LogP contribution in [0, 0.1) is 6.92 Å². The van der Waals surface area contributed by atoms with Crippen LogP contribution in [0.5, 0.6) is 5.75 Å². The maximum absolute atomic E-state index is 11.8. The lowest BCUT2D eigenvalue weighted by Crippen LogP contribution is -2.30. The Morgan fingerprint density at radius 2 is 2.08 bits per heavy atom. The Bertz CT molecular complexity index is 677. The molecule has 0 radical (unpaired) electrons. The summed E-state index contributed by atoms with van der Waals surface area (Å²) in [5.74, 6) is 1.40. The highest BCUT2D eigenvalue weighted by Gasteiger charge is 2.05. The van der Waals surface area contributed by atoms with Crippen molar-refractivity contribution in [1.82, 2.24) is 10.3 Å². The summed E-state index contributed by atoms with van der Waals surface area (Å²) in [7, 11) is 1.54. The molecule has 0 saturated carbocycles. The number of aromatic nitrogens is 1. The lowest BCUT2D eigenvalue weighted by atomic mass is 10.3. The summed E-state index contributed by atoms with van der Waals surface area (Å²) in [5.41, 5.74) is 1.73. The van der Waals surface area contributed by atoms with Crippen molar-refractivity contribution >= 4 is 29.1 Å². The van der Waals surface area contributed by atoms with Crippen LogP contribution in [0.25, 0.3) is 0 Å². The summed E-state index contributed by atoms with van der Waals surface area (Å²) >= 11 is 6.02. The summed E-state index contributed by atoms with van der Waals surface area (Å²) in [6.07, 6.45) is 2.60. The number of amides is 2. The van der Waals surface area contributed by atoms with Gasteiger partial charge in [0.2, 0.25) is 0 Å². The van der Waals surface area contributed by atoms with Crippen LogP contribution in [-0.2, 0) is 0 Å². The molecule has 6 nitrogen and oxygen atoms in total. The number of benzene rings is 1. The third-order valence-electron chi connectivity index (χ3n) is 3.27. The van der Waals surface area contributed by atoms with Crippen LogP contribution < -0.4 is 20.7 Å². The maximum atomic E-state index is 11.8.